The number of ether oxygens (including phenoxy) is 1. The fourth-order valence-electron chi connectivity index (χ4n) is 3.52. The van der Waals surface area contributed by atoms with Crippen LogP contribution in [0.1, 0.15) is 27.9 Å². The van der Waals surface area contributed by atoms with Crippen molar-refractivity contribution in [1.29, 1.82) is 0 Å². The summed E-state index contributed by atoms with van der Waals surface area (Å²) in [5, 5.41) is 10.4. The van der Waals surface area contributed by atoms with E-state index in [1.54, 1.807) is 24.1 Å². The number of hydrogen-bond acceptors (Lipinski definition) is 5. The highest BCUT2D eigenvalue weighted by Crippen LogP contribution is 2.17. The summed E-state index contributed by atoms with van der Waals surface area (Å²) in [4.78, 5) is 38.4. The van der Waals surface area contributed by atoms with Crippen molar-refractivity contribution in [2.24, 2.45) is 0 Å². The van der Waals surface area contributed by atoms with Crippen LogP contribution < -0.4 is 10.1 Å². The van der Waals surface area contributed by atoms with Gasteiger partial charge < -0.3 is 25.0 Å². The van der Waals surface area contributed by atoms with Gasteiger partial charge in [-0.05, 0) is 30.7 Å². The van der Waals surface area contributed by atoms with E-state index in [4.69, 9.17) is 14.6 Å². The first-order chi connectivity index (χ1) is 17.0. The molecule has 0 radical (unpaired) electrons. The fourth-order valence-corrected chi connectivity index (χ4v) is 3.52. The van der Waals surface area contributed by atoms with E-state index in [2.05, 4.69) is 11.4 Å². The van der Waals surface area contributed by atoms with E-state index in [9.17, 15) is 22.8 Å². The van der Waals surface area contributed by atoms with Gasteiger partial charge >= 0.3 is 12.1 Å². The average Bonchev–Trinajstić information content (AvgIpc) is 2.86. The number of carboxylic acid groups (broad SMARTS) is 1. The molecule has 11 heteroatoms. The third-order valence-corrected chi connectivity index (χ3v) is 5.37. The summed E-state index contributed by atoms with van der Waals surface area (Å²) < 4.78 is 37.0. The standard InChI is InChI=1S/C23H29N3O3.C2HF3O2/c1-18-5-3-6-19(15-18)17-26(12-9-22(27)25-13-10-24-11-14-25)23(28)20-7-4-8-21(16-20)29-2;3-2(4,5)1(6)7/h3-8,15-16,24H,9-14,17H2,1-2H3;(H,6,7). The number of hydrogen-bond donors (Lipinski definition) is 2. The van der Waals surface area contributed by atoms with Gasteiger partial charge in [-0.1, -0.05) is 35.9 Å². The summed E-state index contributed by atoms with van der Waals surface area (Å²) in [7, 11) is 1.58. The number of halogens is 3. The van der Waals surface area contributed by atoms with Gasteiger partial charge in [0.25, 0.3) is 5.91 Å². The van der Waals surface area contributed by atoms with Crippen LogP contribution in [0.5, 0.6) is 5.75 Å². The summed E-state index contributed by atoms with van der Waals surface area (Å²) >= 11 is 0. The molecule has 36 heavy (non-hydrogen) atoms. The Morgan fingerprint density at radius 2 is 1.72 bits per heavy atom. The zero-order valence-corrected chi connectivity index (χ0v) is 20.2. The second kappa shape index (κ2) is 13.5. The number of alkyl halides is 3. The normalized spacial score (nSPS) is 13.3. The van der Waals surface area contributed by atoms with Crippen LogP contribution in [0.3, 0.4) is 0 Å². The Labute approximate surface area is 207 Å². The van der Waals surface area contributed by atoms with E-state index in [0.29, 0.717) is 30.8 Å². The van der Waals surface area contributed by atoms with Crippen molar-refractivity contribution >= 4 is 17.8 Å². The number of methoxy groups -OCH3 is 1. The molecule has 0 saturated carbocycles. The predicted molar refractivity (Wildman–Crippen MR) is 127 cm³/mol. The first-order valence-electron chi connectivity index (χ1n) is 11.3. The Bertz CT molecular complexity index is 1040. The van der Waals surface area contributed by atoms with E-state index in [-0.39, 0.29) is 11.8 Å². The zero-order chi connectivity index (χ0) is 26.7. The maximum Gasteiger partial charge on any atom is 0.490 e. The highest BCUT2D eigenvalue weighted by Gasteiger charge is 2.38. The number of nitrogens with zero attached hydrogens (tertiary/aromatic N) is 2. The van der Waals surface area contributed by atoms with Crippen molar-refractivity contribution in [2.75, 3.05) is 39.8 Å². The maximum atomic E-state index is 13.2. The minimum absolute atomic E-state index is 0.0965. The van der Waals surface area contributed by atoms with Crippen molar-refractivity contribution in [2.45, 2.75) is 26.1 Å². The lowest BCUT2D eigenvalue weighted by Crippen LogP contribution is -2.47. The molecule has 0 aliphatic carbocycles. The van der Waals surface area contributed by atoms with E-state index in [0.717, 1.165) is 37.3 Å². The van der Waals surface area contributed by atoms with Gasteiger partial charge in [0.1, 0.15) is 5.75 Å². The molecule has 2 N–H and O–H groups in total. The van der Waals surface area contributed by atoms with Gasteiger partial charge in [0.2, 0.25) is 5.91 Å². The van der Waals surface area contributed by atoms with Crippen LogP contribution in [-0.4, -0.2) is 78.7 Å². The predicted octanol–water partition coefficient (Wildman–Crippen LogP) is 3.10. The molecule has 2 amide bonds. The van der Waals surface area contributed by atoms with Crippen molar-refractivity contribution in [3.8, 4) is 5.75 Å². The van der Waals surface area contributed by atoms with Gasteiger partial charge in [-0.3, -0.25) is 9.59 Å². The van der Waals surface area contributed by atoms with Crippen LogP contribution in [-0.2, 0) is 16.1 Å². The molecule has 1 aliphatic heterocycles. The van der Waals surface area contributed by atoms with Crippen molar-refractivity contribution in [3.05, 3.63) is 65.2 Å². The van der Waals surface area contributed by atoms with Gasteiger partial charge in [-0.15, -0.1) is 0 Å². The van der Waals surface area contributed by atoms with Gasteiger partial charge in [0, 0.05) is 51.3 Å². The lowest BCUT2D eigenvalue weighted by molar-refractivity contribution is -0.192. The Morgan fingerprint density at radius 1 is 1.08 bits per heavy atom. The lowest BCUT2D eigenvalue weighted by atomic mass is 10.1. The van der Waals surface area contributed by atoms with Gasteiger partial charge in [-0.2, -0.15) is 13.2 Å². The van der Waals surface area contributed by atoms with Gasteiger partial charge in [-0.25, -0.2) is 4.79 Å². The summed E-state index contributed by atoms with van der Waals surface area (Å²) in [6, 6.07) is 15.3. The van der Waals surface area contributed by atoms with Crippen LogP contribution >= 0.6 is 0 Å². The molecular weight excluding hydrogens is 479 g/mol. The largest absolute Gasteiger partial charge is 0.497 e. The van der Waals surface area contributed by atoms with Crippen LogP contribution in [0.15, 0.2) is 48.5 Å². The number of rotatable bonds is 7. The number of nitrogens with one attached hydrogen (secondary N) is 1. The Morgan fingerprint density at radius 3 is 2.31 bits per heavy atom. The number of carbonyl (C=O) groups excluding carboxylic acids is 2. The summed E-state index contributed by atoms with van der Waals surface area (Å²) in [6.07, 6.45) is -4.76. The molecule has 2 aromatic rings. The van der Waals surface area contributed by atoms with E-state index >= 15 is 0 Å². The molecule has 1 saturated heterocycles. The van der Waals surface area contributed by atoms with Crippen LogP contribution in [0, 0.1) is 6.92 Å². The molecule has 0 aromatic heterocycles. The van der Waals surface area contributed by atoms with Crippen LogP contribution in [0.25, 0.3) is 0 Å². The second-order valence-electron chi connectivity index (χ2n) is 8.13. The third-order valence-electron chi connectivity index (χ3n) is 5.37. The number of benzene rings is 2. The zero-order valence-electron chi connectivity index (χ0n) is 20.2. The molecule has 3 rings (SSSR count). The smallest absolute Gasteiger partial charge is 0.490 e. The van der Waals surface area contributed by atoms with Crippen molar-refractivity contribution in [3.63, 3.8) is 0 Å². The number of aryl methyl sites for hydroxylation is 1. The van der Waals surface area contributed by atoms with E-state index in [1.165, 1.54) is 0 Å². The summed E-state index contributed by atoms with van der Waals surface area (Å²) in [6.45, 7) is 5.97. The minimum atomic E-state index is -5.08. The second-order valence-corrected chi connectivity index (χ2v) is 8.13. The van der Waals surface area contributed by atoms with E-state index < -0.39 is 12.1 Å². The topological polar surface area (TPSA) is 99.2 Å². The highest BCUT2D eigenvalue weighted by molar-refractivity contribution is 5.94. The molecule has 0 atom stereocenters. The first kappa shape index (κ1) is 28.6. The monoisotopic (exact) mass is 509 g/mol. The third kappa shape index (κ3) is 9.21. The molecular formula is C25H30F3N3O5. The molecule has 1 fully saturated rings. The molecule has 0 bridgehead atoms. The van der Waals surface area contributed by atoms with Crippen LogP contribution in [0.2, 0.25) is 0 Å². The molecule has 0 unspecified atom stereocenters. The highest BCUT2D eigenvalue weighted by atomic mass is 19.4. The molecule has 1 heterocycles. The average molecular weight is 510 g/mol. The lowest BCUT2D eigenvalue weighted by Gasteiger charge is -2.29. The summed E-state index contributed by atoms with van der Waals surface area (Å²) in [5.41, 5.74) is 2.76. The fraction of sp³-hybridized carbons (Fsp3) is 0.400. The van der Waals surface area contributed by atoms with Crippen molar-refractivity contribution < 1.29 is 37.4 Å². The molecule has 0 spiro atoms. The quantitative estimate of drug-likeness (QED) is 0.595. The number of piperazine rings is 1. The first-order valence-corrected chi connectivity index (χ1v) is 11.3. The van der Waals surface area contributed by atoms with Crippen molar-refractivity contribution in [1.82, 2.24) is 15.1 Å². The van der Waals surface area contributed by atoms with Gasteiger partial charge in [0.05, 0.1) is 7.11 Å². The number of aliphatic carboxylic acids is 1. The Balaban J connectivity index is 0.000000572. The Hall–Kier alpha value is -3.60. The maximum absolute atomic E-state index is 13.2. The molecule has 8 nitrogen and oxygen atoms in total. The molecule has 196 valence electrons. The molecule has 2 aromatic carbocycles. The SMILES string of the molecule is COc1cccc(C(=O)N(CCC(=O)N2CCNCC2)Cc2cccc(C)c2)c1.O=C(O)C(F)(F)F. The minimum Gasteiger partial charge on any atom is -0.497 e. The van der Waals surface area contributed by atoms with Gasteiger partial charge in [0.15, 0.2) is 0 Å². The number of amides is 2. The Kier molecular flexibility index (Phi) is 10.7. The summed E-state index contributed by atoms with van der Waals surface area (Å²) in [5.74, 6) is -2.12. The van der Waals surface area contributed by atoms with Crippen LogP contribution in [0.4, 0.5) is 13.2 Å². The van der Waals surface area contributed by atoms with E-state index in [1.807, 2.05) is 42.2 Å². The molecule has 1 aliphatic rings. The number of carboxylic acids is 1. The number of carbonyl (C=O) groups is 3.